The maximum Gasteiger partial charge on any atom is 0.327 e. The molecule has 2 heterocycles. The fraction of sp³-hybridized carbons (Fsp3) is 0.412. The van der Waals surface area contributed by atoms with Crippen LogP contribution in [0.15, 0.2) is 30.3 Å². The molecule has 0 aromatic heterocycles. The summed E-state index contributed by atoms with van der Waals surface area (Å²) in [4.78, 5) is 52.5. The van der Waals surface area contributed by atoms with Crippen molar-refractivity contribution in [3.8, 4) is 0 Å². The van der Waals surface area contributed by atoms with Gasteiger partial charge in [0, 0.05) is 20.1 Å². The number of nitrogens with one attached hydrogen (secondary N) is 1. The Labute approximate surface area is 145 Å². The van der Waals surface area contributed by atoms with Gasteiger partial charge in [-0.1, -0.05) is 30.3 Å². The van der Waals surface area contributed by atoms with Gasteiger partial charge in [0.25, 0.3) is 5.91 Å². The molecule has 0 saturated carbocycles. The minimum atomic E-state index is -0.473. The summed E-state index contributed by atoms with van der Waals surface area (Å²) in [5.74, 6) is -0.860. The molecule has 0 unspecified atom stereocenters. The molecule has 25 heavy (non-hydrogen) atoms. The van der Waals surface area contributed by atoms with Crippen molar-refractivity contribution in [1.82, 2.24) is 20.0 Å². The summed E-state index contributed by atoms with van der Waals surface area (Å²) in [6.07, 6.45) is 0.150. The quantitative estimate of drug-likeness (QED) is 0.780. The van der Waals surface area contributed by atoms with Crippen molar-refractivity contribution in [2.75, 3.05) is 33.2 Å². The summed E-state index contributed by atoms with van der Waals surface area (Å²) in [6.45, 7) is 0.347. The van der Waals surface area contributed by atoms with Gasteiger partial charge in [0.05, 0.1) is 12.5 Å². The van der Waals surface area contributed by atoms with Crippen molar-refractivity contribution in [3.05, 3.63) is 35.9 Å². The second kappa shape index (κ2) is 6.92. The predicted molar refractivity (Wildman–Crippen MR) is 88.3 cm³/mol. The zero-order valence-corrected chi connectivity index (χ0v) is 14.0. The molecule has 1 aromatic rings. The first-order valence-electron chi connectivity index (χ1n) is 8.14. The molecule has 5 amide bonds. The molecule has 8 nitrogen and oxygen atoms in total. The van der Waals surface area contributed by atoms with Gasteiger partial charge in [-0.2, -0.15) is 0 Å². The van der Waals surface area contributed by atoms with E-state index in [2.05, 4.69) is 5.32 Å². The summed E-state index contributed by atoms with van der Waals surface area (Å²) in [6, 6.07) is 8.41. The van der Waals surface area contributed by atoms with Crippen LogP contribution in [0.4, 0.5) is 4.79 Å². The normalized spacial score (nSPS) is 21.4. The van der Waals surface area contributed by atoms with E-state index in [0.717, 1.165) is 10.5 Å². The lowest BCUT2D eigenvalue weighted by molar-refractivity contribution is -0.138. The van der Waals surface area contributed by atoms with Gasteiger partial charge in [0.2, 0.25) is 11.8 Å². The van der Waals surface area contributed by atoms with Crippen LogP contribution in [0.5, 0.6) is 0 Å². The van der Waals surface area contributed by atoms with Gasteiger partial charge in [-0.3, -0.25) is 19.3 Å². The fourth-order valence-corrected chi connectivity index (χ4v) is 3.15. The molecule has 3 rings (SSSR count). The van der Waals surface area contributed by atoms with Crippen LogP contribution in [0.1, 0.15) is 18.0 Å². The highest BCUT2D eigenvalue weighted by molar-refractivity contribution is 6.04. The third-order valence-electron chi connectivity index (χ3n) is 4.46. The standard InChI is InChI=1S/C17H20N4O4/c1-19-10-15(23)21(17(19)25)11-16(24)20-8-7-18-14(22)9-13(20)12-5-3-2-4-6-12/h2-6,13H,7-11H2,1H3,(H,18,22)/t13-/m1/s1. The van der Waals surface area contributed by atoms with E-state index in [-0.39, 0.29) is 37.2 Å². The van der Waals surface area contributed by atoms with Crippen LogP contribution in [0.2, 0.25) is 0 Å². The zero-order chi connectivity index (χ0) is 18.0. The van der Waals surface area contributed by atoms with Crippen molar-refractivity contribution < 1.29 is 19.2 Å². The Kier molecular flexibility index (Phi) is 4.69. The number of carbonyl (C=O) groups excluding carboxylic acids is 4. The third kappa shape index (κ3) is 3.47. The number of amides is 5. The molecule has 132 valence electrons. The zero-order valence-electron chi connectivity index (χ0n) is 14.0. The largest absolute Gasteiger partial charge is 0.354 e. The van der Waals surface area contributed by atoms with E-state index in [4.69, 9.17) is 0 Å². The van der Waals surface area contributed by atoms with Crippen molar-refractivity contribution in [2.45, 2.75) is 12.5 Å². The number of nitrogens with zero attached hydrogens (tertiary/aromatic N) is 3. The molecule has 1 aromatic carbocycles. The smallest absolute Gasteiger partial charge is 0.327 e. The van der Waals surface area contributed by atoms with Gasteiger partial charge in [-0.05, 0) is 5.56 Å². The lowest BCUT2D eigenvalue weighted by Gasteiger charge is -2.30. The minimum absolute atomic E-state index is 0.0196. The Hall–Kier alpha value is -2.90. The van der Waals surface area contributed by atoms with E-state index in [1.54, 1.807) is 4.90 Å². The van der Waals surface area contributed by atoms with Gasteiger partial charge in [0.15, 0.2) is 0 Å². The van der Waals surface area contributed by atoms with Crippen molar-refractivity contribution in [1.29, 1.82) is 0 Å². The molecule has 2 aliphatic rings. The number of benzene rings is 1. The molecule has 2 aliphatic heterocycles. The second-order valence-electron chi connectivity index (χ2n) is 6.19. The summed E-state index contributed by atoms with van der Waals surface area (Å²) < 4.78 is 0. The molecule has 0 bridgehead atoms. The summed E-state index contributed by atoms with van der Waals surface area (Å²) in [5.41, 5.74) is 0.851. The number of hydrogen-bond donors (Lipinski definition) is 1. The van der Waals surface area contributed by atoms with Crippen LogP contribution in [-0.4, -0.2) is 71.7 Å². The maximum atomic E-state index is 12.8. The molecular weight excluding hydrogens is 324 g/mol. The van der Waals surface area contributed by atoms with Gasteiger partial charge < -0.3 is 15.1 Å². The maximum absolute atomic E-state index is 12.8. The number of rotatable bonds is 3. The first kappa shape index (κ1) is 16.9. The highest BCUT2D eigenvalue weighted by atomic mass is 16.2. The van der Waals surface area contributed by atoms with E-state index in [1.807, 2.05) is 30.3 Å². The Balaban J connectivity index is 1.82. The van der Waals surface area contributed by atoms with Crippen molar-refractivity contribution >= 4 is 23.8 Å². The highest BCUT2D eigenvalue weighted by Gasteiger charge is 2.37. The van der Waals surface area contributed by atoms with E-state index >= 15 is 0 Å². The van der Waals surface area contributed by atoms with Crippen LogP contribution in [0.3, 0.4) is 0 Å². The molecule has 1 atom stereocenters. The summed E-state index contributed by atoms with van der Waals surface area (Å²) >= 11 is 0. The van der Waals surface area contributed by atoms with E-state index in [0.29, 0.717) is 13.1 Å². The van der Waals surface area contributed by atoms with Crippen LogP contribution < -0.4 is 5.32 Å². The van der Waals surface area contributed by atoms with Gasteiger partial charge >= 0.3 is 6.03 Å². The van der Waals surface area contributed by atoms with Crippen molar-refractivity contribution in [2.24, 2.45) is 0 Å². The summed E-state index contributed by atoms with van der Waals surface area (Å²) in [7, 11) is 1.52. The molecule has 2 saturated heterocycles. The molecule has 0 radical (unpaired) electrons. The number of urea groups is 1. The molecule has 0 aliphatic carbocycles. The number of carbonyl (C=O) groups is 4. The Bertz CT molecular complexity index is 706. The van der Waals surface area contributed by atoms with Crippen molar-refractivity contribution in [3.63, 3.8) is 0 Å². The lowest BCUT2D eigenvalue weighted by atomic mass is 10.0. The first-order valence-corrected chi connectivity index (χ1v) is 8.14. The number of imide groups is 1. The molecule has 0 spiro atoms. The van der Waals surface area contributed by atoms with E-state index in [9.17, 15) is 19.2 Å². The average Bonchev–Trinajstić information content (AvgIpc) is 2.77. The van der Waals surface area contributed by atoms with Gasteiger partial charge in [0.1, 0.15) is 13.1 Å². The Morgan fingerprint density at radius 3 is 2.56 bits per heavy atom. The average molecular weight is 344 g/mol. The molecule has 2 fully saturated rings. The monoisotopic (exact) mass is 344 g/mol. The fourth-order valence-electron chi connectivity index (χ4n) is 3.15. The van der Waals surface area contributed by atoms with E-state index < -0.39 is 12.1 Å². The highest BCUT2D eigenvalue weighted by Crippen LogP contribution is 2.26. The van der Waals surface area contributed by atoms with Crippen LogP contribution in [0.25, 0.3) is 0 Å². The topological polar surface area (TPSA) is 90.0 Å². The van der Waals surface area contributed by atoms with Gasteiger partial charge in [-0.15, -0.1) is 0 Å². The first-order chi connectivity index (χ1) is 12.0. The minimum Gasteiger partial charge on any atom is -0.354 e. The van der Waals surface area contributed by atoms with Crippen LogP contribution in [0, 0.1) is 0 Å². The lowest BCUT2D eigenvalue weighted by Crippen LogP contribution is -2.45. The molecule has 8 heteroatoms. The molecular formula is C17H20N4O4. The predicted octanol–water partition coefficient (Wildman–Crippen LogP) is -0.0298. The Morgan fingerprint density at radius 2 is 1.92 bits per heavy atom. The van der Waals surface area contributed by atoms with Crippen LogP contribution >= 0.6 is 0 Å². The SMILES string of the molecule is CN1CC(=O)N(CC(=O)N2CCNC(=O)C[C@@H]2c2ccccc2)C1=O. The third-order valence-corrected chi connectivity index (χ3v) is 4.46. The van der Waals surface area contributed by atoms with Gasteiger partial charge in [-0.25, -0.2) is 4.79 Å². The second-order valence-corrected chi connectivity index (χ2v) is 6.19. The Morgan fingerprint density at radius 1 is 1.20 bits per heavy atom. The van der Waals surface area contributed by atoms with Crippen LogP contribution in [-0.2, 0) is 14.4 Å². The molecule has 1 N–H and O–H groups in total. The summed E-state index contributed by atoms with van der Waals surface area (Å²) in [5, 5.41) is 2.76. The van der Waals surface area contributed by atoms with E-state index in [1.165, 1.54) is 11.9 Å². The number of hydrogen-bond acceptors (Lipinski definition) is 4. The number of likely N-dealkylation sites (N-methyl/N-ethyl adjacent to an activating group) is 1.